The first-order valence-corrected chi connectivity index (χ1v) is 6.56. The Labute approximate surface area is 117 Å². The van der Waals surface area contributed by atoms with Gasteiger partial charge in [-0.2, -0.15) is 5.10 Å². The average Bonchev–Trinajstić information content (AvgIpc) is 3.11. The number of nitrogens with zero attached hydrogens (tertiary/aromatic N) is 6. The number of hydrogen-bond acceptors (Lipinski definition) is 4. The topological polar surface area (TPSA) is 61.4 Å². The predicted octanol–water partition coefficient (Wildman–Crippen LogP) is 1.47. The highest BCUT2D eigenvalue weighted by molar-refractivity contribution is 5.21. The maximum Gasteiger partial charge on any atom is 0.137 e. The molecule has 0 N–H and O–H groups in total. The standard InChI is InChI=1S/C14H16N6/c1-12-2-4-13(5-3-12)6-7-19-8-14(17-18-19)9-20-11-15-10-16-20/h2-5,8,10-11H,6-7,9H2,1H3. The van der Waals surface area contributed by atoms with Crippen molar-refractivity contribution in [1.29, 1.82) is 0 Å². The molecule has 2 aromatic heterocycles. The van der Waals surface area contributed by atoms with Crippen LogP contribution in [0.4, 0.5) is 0 Å². The molecule has 0 aliphatic carbocycles. The van der Waals surface area contributed by atoms with Gasteiger partial charge in [0, 0.05) is 6.54 Å². The van der Waals surface area contributed by atoms with Crippen molar-refractivity contribution in [3.63, 3.8) is 0 Å². The molecule has 0 amide bonds. The van der Waals surface area contributed by atoms with E-state index in [0.29, 0.717) is 6.54 Å². The van der Waals surface area contributed by atoms with Crippen molar-refractivity contribution in [2.45, 2.75) is 26.4 Å². The maximum atomic E-state index is 4.14. The molecular weight excluding hydrogens is 252 g/mol. The van der Waals surface area contributed by atoms with Gasteiger partial charge in [-0.15, -0.1) is 5.10 Å². The van der Waals surface area contributed by atoms with Gasteiger partial charge in [0.05, 0.1) is 12.7 Å². The van der Waals surface area contributed by atoms with Crippen LogP contribution < -0.4 is 0 Å². The van der Waals surface area contributed by atoms with E-state index in [1.165, 1.54) is 17.5 Å². The van der Waals surface area contributed by atoms with Gasteiger partial charge in [-0.05, 0) is 18.9 Å². The van der Waals surface area contributed by atoms with E-state index in [0.717, 1.165) is 18.7 Å². The lowest BCUT2D eigenvalue weighted by molar-refractivity contribution is 0.588. The molecule has 6 heteroatoms. The minimum absolute atomic E-state index is 0.602. The predicted molar refractivity (Wildman–Crippen MR) is 74.0 cm³/mol. The van der Waals surface area contributed by atoms with Crippen LogP contribution in [-0.2, 0) is 19.5 Å². The summed E-state index contributed by atoms with van der Waals surface area (Å²) in [6, 6.07) is 8.57. The normalized spacial score (nSPS) is 10.8. The molecule has 6 nitrogen and oxygen atoms in total. The molecule has 3 aromatic rings. The molecule has 102 valence electrons. The molecule has 0 saturated heterocycles. The summed E-state index contributed by atoms with van der Waals surface area (Å²) in [6.07, 6.45) is 6.09. The van der Waals surface area contributed by atoms with Crippen LogP contribution in [0.25, 0.3) is 0 Å². The summed E-state index contributed by atoms with van der Waals surface area (Å²) in [4.78, 5) is 3.91. The van der Waals surface area contributed by atoms with Crippen LogP contribution in [0, 0.1) is 6.92 Å². The van der Waals surface area contributed by atoms with E-state index in [1.54, 1.807) is 11.0 Å². The second-order valence-corrected chi connectivity index (χ2v) is 4.80. The first-order chi connectivity index (χ1) is 9.79. The lowest BCUT2D eigenvalue weighted by Crippen LogP contribution is -2.02. The highest BCUT2D eigenvalue weighted by Gasteiger charge is 2.02. The average molecular weight is 268 g/mol. The molecule has 0 saturated carbocycles. The van der Waals surface area contributed by atoms with Gasteiger partial charge in [-0.1, -0.05) is 35.0 Å². The zero-order valence-corrected chi connectivity index (χ0v) is 11.3. The number of aromatic nitrogens is 6. The molecule has 20 heavy (non-hydrogen) atoms. The summed E-state index contributed by atoms with van der Waals surface area (Å²) in [7, 11) is 0. The van der Waals surface area contributed by atoms with Crippen molar-refractivity contribution >= 4 is 0 Å². The molecule has 0 aliphatic heterocycles. The first kappa shape index (κ1) is 12.5. The Balaban J connectivity index is 1.58. The minimum atomic E-state index is 0.602. The molecule has 0 spiro atoms. The summed E-state index contributed by atoms with van der Waals surface area (Å²) < 4.78 is 3.60. The Morgan fingerprint density at radius 1 is 1.10 bits per heavy atom. The van der Waals surface area contributed by atoms with Crippen molar-refractivity contribution in [3.8, 4) is 0 Å². The van der Waals surface area contributed by atoms with Gasteiger partial charge in [0.15, 0.2) is 0 Å². The highest BCUT2D eigenvalue weighted by Crippen LogP contribution is 2.05. The van der Waals surface area contributed by atoms with Gasteiger partial charge in [0.2, 0.25) is 0 Å². The molecule has 0 radical (unpaired) electrons. The summed E-state index contributed by atoms with van der Waals surface area (Å²) in [6.45, 7) is 3.52. The van der Waals surface area contributed by atoms with Gasteiger partial charge in [-0.3, -0.25) is 4.68 Å². The SMILES string of the molecule is Cc1ccc(CCn2cc(Cn3cncn3)nn2)cc1. The lowest BCUT2D eigenvalue weighted by Gasteiger charge is -2.01. The smallest absolute Gasteiger partial charge is 0.137 e. The largest absolute Gasteiger partial charge is 0.252 e. The maximum absolute atomic E-state index is 4.14. The minimum Gasteiger partial charge on any atom is -0.252 e. The van der Waals surface area contributed by atoms with Gasteiger partial charge in [-0.25, -0.2) is 9.67 Å². The number of aryl methyl sites for hydroxylation is 3. The third-order valence-electron chi connectivity index (χ3n) is 3.13. The summed E-state index contributed by atoms with van der Waals surface area (Å²) >= 11 is 0. The lowest BCUT2D eigenvalue weighted by atomic mass is 10.1. The van der Waals surface area contributed by atoms with E-state index in [-0.39, 0.29) is 0 Å². The number of hydrogen-bond donors (Lipinski definition) is 0. The third-order valence-corrected chi connectivity index (χ3v) is 3.13. The van der Waals surface area contributed by atoms with Crippen LogP contribution in [0.15, 0.2) is 43.1 Å². The summed E-state index contributed by atoms with van der Waals surface area (Å²) in [5, 5.41) is 12.3. The van der Waals surface area contributed by atoms with E-state index in [4.69, 9.17) is 0 Å². The van der Waals surface area contributed by atoms with E-state index < -0.39 is 0 Å². The zero-order chi connectivity index (χ0) is 13.8. The Morgan fingerprint density at radius 3 is 2.70 bits per heavy atom. The Hall–Kier alpha value is -2.50. The van der Waals surface area contributed by atoms with Gasteiger partial charge in [0.1, 0.15) is 18.3 Å². The van der Waals surface area contributed by atoms with Crippen LogP contribution in [0.1, 0.15) is 16.8 Å². The third kappa shape index (κ3) is 3.09. The van der Waals surface area contributed by atoms with E-state index in [9.17, 15) is 0 Å². The molecule has 0 atom stereocenters. The van der Waals surface area contributed by atoms with Crippen LogP contribution >= 0.6 is 0 Å². The first-order valence-electron chi connectivity index (χ1n) is 6.56. The van der Waals surface area contributed by atoms with Crippen molar-refractivity contribution in [2.75, 3.05) is 0 Å². The summed E-state index contributed by atoms with van der Waals surface area (Å²) in [5.74, 6) is 0. The monoisotopic (exact) mass is 268 g/mol. The molecule has 1 aromatic carbocycles. The van der Waals surface area contributed by atoms with Crippen molar-refractivity contribution in [3.05, 3.63) is 59.9 Å². The molecule has 2 heterocycles. The zero-order valence-electron chi connectivity index (χ0n) is 11.3. The van der Waals surface area contributed by atoms with Crippen molar-refractivity contribution < 1.29 is 0 Å². The molecule has 0 unspecified atom stereocenters. The van der Waals surface area contributed by atoms with Crippen LogP contribution in [0.2, 0.25) is 0 Å². The van der Waals surface area contributed by atoms with E-state index in [1.807, 2.05) is 10.9 Å². The van der Waals surface area contributed by atoms with Crippen LogP contribution in [-0.4, -0.2) is 29.8 Å². The fraction of sp³-hybridized carbons (Fsp3) is 0.286. The number of benzene rings is 1. The van der Waals surface area contributed by atoms with Gasteiger partial charge >= 0.3 is 0 Å². The van der Waals surface area contributed by atoms with Gasteiger partial charge in [0.25, 0.3) is 0 Å². The second-order valence-electron chi connectivity index (χ2n) is 4.80. The fourth-order valence-corrected chi connectivity index (χ4v) is 2.00. The highest BCUT2D eigenvalue weighted by atomic mass is 15.4. The van der Waals surface area contributed by atoms with Crippen molar-refractivity contribution in [1.82, 2.24) is 29.8 Å². The Bertz CT molecular complexity index is 653. The molecular formula is C14H16N6. The van der Waals surface area contributed by atoms with Crippen molar-refractivity contribution in [2.24, 2.45) is 0 Å². The Kier molecular flexibility index (Phi) is 3.54. The Morgan fingerprint density at radius 2 is 1.95 bits per heavy atom. The second kappa shape index (κ2) is 5.64. The molecule has 0 bridgehead atoms. The van der Waals surface area contributed by atoms with Gasteiger partial charge < -0.3 is 0 Å². The molecule has 0 aliphatic rings. The van der Waals surface area contributed by atoms with Crippen LogP contribution in [0.5, 0.6) is 0 Å². The quantitative estimate of drug-likeness (QED) is 0.703. The van der Waals surface area contributed by atoms with E-state index >= 15 is 0 Å². The number of rotatable bonds is 5. The fourth-order valence-electron chi connectivity index (χ4n) is 2.00. The summed E-state index contributed by atoms with van der Waals surface area (Å²) in [5.41, 5.74) is 3.48. The van der Waals surface area contributed by atoms with Crippen LogP contribution in [0.3, 0.4) is 0 Å². The molecule has 0 fully saturated rings. The van der Waals surface area contributed by atoms with E-state index in [2.05, 4.69) is 51.6 Å². The molecule has 3 rings (SSSR count).